The number of rotatable bonds is 3. The van der Waals surface area contributed by atoms with Crippen LogP contribution >= 0.6 is 0 Å². The van der Waals surface area contributed by atoms with Gasteiger partial charge in [0.25, 0.3) is 0 Å². The topological polar surface area (TPSA) is 66.0 Å². The van der Waals surface area contributed by atoms with Crippen LogP contribution in [-0.4, -0.2) is 24.4 Å². The first-order valence-electron chi connectivity index (χ1n) is 6.05. The van der Waals surface area contributed by atoms with Gasteiger partial charge < -0.3 is 10.6 Å². The Morgan fingerprint density at radius 2 is 1.85 bits per heavy atom. The van der Waals surface area contributed by atoms with Crippen molar-refractivity contribution in [3.05, 3.63) is 23.4 Å². The molecule has 0 radical (unpaired) electrons. The second kappa shape index (κ2) is 5.30. The molecule has 112 valence electrons. The van der Waals surface area contributed by atoms with E-state index in [1.165, 1.54) is 6.07 Å². The minimum Gasteiger partial charge on any atom is -0.384 e. The molecule has 1 aromatic rings. The zero-order valence-corrected chi connectivity index (χ0v) is 12.0. The van der Waals surface area contributed by atoms with Crippen molar-refractivity contribution in [3.8, 4) is 0 Å². The maximum absolute atomic E-state index is 12.7. The fraction of sp³-hybridized carbons (Fsp3) is 0.538. The van der Waals surface area contributed by atoms with Gasteiger partial charge in [0, 0.05) is 13.6 Å². The smallest absolute Gasteiger partial charge is 0.384 e. The van der Waals surface area contributed by atoms with E-state index in [1.807, 2.05) is 20.8 Å². The van der Waals surface area contributed by atoms with E-state index in [0.717, 1.165) is 6.07 Å². The lowest BCUT2D eigenvalue weighted by atomic mass is 9.96. The number of pyridine rings is 1. The summed E-state index contributed by atoms with van der Waals surface area (Å²) in [6.07, 6.45) is -4.52. The summed E-state index contributed by atoms with van der Waals surface area (Å²) in [6, 6.07) is 2.03. The van der Waals surface area contributed by atoms with Crippen molar-refractivity contribution in [1.82, 2.24) is 4.98 Å². The lowest BCUT2D eigenvalue weighted by molar-refractivity contribution is -0.141. The van der Waals surface area contributed by atoms with Crippen LogP contribution in [0.25, 0.3) is 0 Å². The van der Waals surface area contributed by atoms with E-state index < -0.39 is 11.9 Å². The molecular weight excluding hydrogens is 269 g/mol. The Balaban J connectivity index is 3.29. The summed E-state index contributed by atoms with van der Waals surface area (Å²) < 4.78 is 38.2. The molecule has 1 heterocycles. The molecule has 0 aliphatic rings. The van der Waals surface area contributed by atoms with E-state index in [9.17, 15) is 13.2 Å². The predicted octanol–water partition coefficient (Wildman–Crippen LogP) is 2.87. The van der Waals surface area contributed by atoms with Crippen molar-refractivity contribution in [2.45, 2.75) is 26.9 Å². The molecule has 0 unspecified atom stereocenters. The van der Waals surface area contributed by atoms with Gasteiger partial charge in [-0.2, -0.15) is 13.2 Å². The summed E-state index contributed by atoms with van der Waals surface area (Å²) in [7, 11) is 1.64. The zero-order valence-electron chi connectivity index (χ0n) is 12.0. The third-order valence-corrected chi connectivity index (χ3v) is 2.53. The van der Waals surface area contributed by atoms with Gasteiger partial charge in [0.05, 0.1) is 5.56 Å². The number of hydrogen-bond acceptors (Lipinski definition) is 3. The molecule has 0 amide bonds. The molecular formula is C13H19F3N4. The molecule has 20 heavy (non-hydrogen) atoms. The van der Waals surface area contributed by atoms with Crippen molar-refractivity contribution in [1.29, 1.82) is 5.41 Å². The van der Waals surface area contributed by atoms with E-state index in [2.05, 4.69) is 4.98 Å². The van der Waals surface area contributed by atoms with Crippen molar-refractivity contribution in [2.24, 2.45) is 11.1 Å². The Kier molecular flexibility index (Phi) is 4.31. The van der Waals surface area contributed by atoms with Crippen molar-refractivity contribution in [2.75, 3.05) is 18.5 Å². The molecule has 4 nitrogen and oxygen atoms in total. The Bertz CT molecular complexity index is 503. The lowest BCUT2D eigenvalue weighted by Gasteiger charge is -2.29. The number of alkyl halides is 3. The SMILES string of the molecule is CN(CC(C)(C)C)c1nc(C(F)(F)F)ccc1C(=N)N. The molecule has 0 saturated carbocycles. The summed E-state index contributed by atoms with van der Waals surface area (Å²) in [5.41, 5.74) is 4.50. The molecule has 0 bridgehead atoms. The number of nitrogens with zero attached hydrogens (tertiary/aromatic N) is 2. The average Bonchev–Trinajstić information content (AvgIpc) is 2.24. The van der Waals surface area contributed by atoms with Crippen molar-refractivity contribution >= 4 is 11.7 Å². The second-order valence-corrected chi connectivity index (χ2v) is 5.90. The van der Waals surface area contributed by atoms with Crippen LogP contribution in [-0.2, 0) is 6.18 Å². The summed E-state index contributed by atoms with van der Waals surface area (Å²) in [6.45, 7) is 6.38. The number of halogens is 3. The van der Waals surface area contributed by atoms with Crippen LogP contribution < -0.4 is 10.6 Å². The van der Waals surface area contributed by atoms with Crippen LogP contribution in [0.5, 0.6) is 0 Å². The summed E-state index contributed by atoms with van der Waals surface area (Å²) in [5, 5.41) is 7.46. The van der Waals surface area contributed by atoms with E-state index in [4.69, 9.17) is 11.1 Å². The van der Waals surface area contributed by atoms with Gasteiger partial charge in [-0.05, 0) is 17.5 Å². The van der Waals surface area contributed by atoms with Gasteiger partial charge in [-0.15, -0.1) is 0 Å². The maximum atomic E-state index is 12.7. The first kappa shape index (κ1) is 16.3. The average molecular weight is 288 g/mol. The third-order valence-electron chi connectivity index (χ3n) is 2.53. The number of amidine groups is 1. The van der Waals surface area contributed by atoms with Crippen LogP contribution in [0.15, 0.2) is 12.1 Å². The number of aromatic nitrogens is 1. The fourth-order valence-electron chi connectivity index (χ4n) is 1.89. The molecule has 0 atom stereocenters. The first-order valence-corrected chi connectivity index (χ1v) is 6.05. The van der Waals surface area contributed by atoms with E-state index in [1.54, 1.807) is 11.9 Å². The van der Waals surface area contributed by atoms with Crippen molar-refractivity contribution < 1.29 is 13.2 Å². The van der Waals surface area contributed by atoms with Gasteiger partial charge >= 0.3 is 6.18 Å². The standard InChI is InChI=1S/C13H19F3N4/c1-12(2,3)7-20(4)11-8(10(17)18)5-6-9(19-11)13(14,15)16/h5-6H,7H2,1-4H3,(H3,17,18). The van der Waals surface area contributed by atoms with Crippen LogP contribution in [0.2, 0.25) is 0 Å². The van der Waals surface area contributed by atoms with Crippen LogP contribution in [0.1, 0.15) is 32.0 Å². The number of nitrogens with one attached hydrogen (secondary N) is 1. The second-order valence-electron chi connectivity index (χ2n) is 5.90. The molecule has 0 aromatic carbocycles. The van der Waals surface area contributed by atoms with Crippen LogP contribution in [0.4, 0.5) is 19.0 Å². The molecule has 0 aliphatic heterocycles. The van der Waals surface area contributed by atoms with E-state index in [-0.39, 0.29) is 22.6 Å². The van der Waals surface area contributed by atoms with E-state index in [0.29, 0.717) is 6.54 Å². The third kappa shape index (κ3) is 4.11. The summed E-state index contributed by atoms with van der Waals surface area (Å²) in [4.78, 5) is 5.22. The molecule has 0 saturated heterocycles. The highest BCUT2D eigenvalue weighted by molar-refractivity contribution is 5.99. The molecule has 7 heteroatoms. The monoisotopic (exact) mass is 288 g/mol. The Morgan fingerprint density at radius 1 is 1.30 bits per heavy atom. The van der Waals surface area contributed by atoms with Crippen LogP contribution in [0.3, 0.4) is 0 Å². The number of hydrogen-bond donors (Lipinski definition) is 2. The Labute approximate surface area is 116 Å². The normalized spacial score (nSPS) is 12.3. The van der Waals surface area contributed by atoms with E-state index >= 15 is 0 Å². The van der Waals surface area contributed by atoms with Crippen LogP contribution in [0, 0.1) is 10.8 Å². The summed E-state index contributed by atoms with van der Waals surface area (Å²) in [5.74, 6) is -0.232. The van der Waals surface area contributed by atoms with Gasteiger partial charge in [0.1, 0.15) is 17.3 Å². The molecule has 0 spiro atoms. The lowest BCUT2D eigenvalue weighted by Crippen LogP contribution is -2.32. The minimum absolute atomic E-state index is 0.0715. The largest absolute Gasteiger partial charge is 0.433 e. The maximum Gasteiger partial charge on any atom is 0.433 e. The Morgan fingerprint density at radius 3 is 2.25 bits per heavy atom. The Hall–Kier alpha value is -1.79. The minimum atomic E-state index is -4.52. The molecule has 0 aliphatic carbocycles. The highest BCUT2D eigenvalue weighted by Crippen LogP contribution is 2.31. The van der Waals surface area contributed by atoms with Gasteiger partial charge in [-0.1, -0.05) is 20.8 Å². The van der Waals surface area contributed by atoms with Crippen molar-refractivity contribution in [3.63, 3.8) is 0 Å². The van der Waals surface area contributed by atoms with Gasteiger partial charge in [-0.25, -0.2) is 4.98 Å². The van der Waals surface area contributed by atoms with Gasteiger partial charge in [0.2, 0.25) is 0 Å². The van der Waals surface area contributed by atoms with Gasteiger partial charge in [0.15, 0.2) is 0 Å². The fourth-order valence-corrected chi connectivity index (χ4v) is 1.89. The predicted molar refractivity (Wildman–Crippen MR) is 73.0 cm³/mol. The number of nitrogens with two attached hydrogens (primary N) is 1. The molecule has 1 rings (SSSR count). The summed E-state index contributed by atoms with van der Waals surface area (Å²) >= 11 is 0. The molecule has 0 fully saturated rings. The quantitative estimate of drug-likeness (QED) is 0.664. The molecule has 1 aromatic heterocycles. The zero-order chi connectivity index (χ0) is 15.7. The number of nitrogen functional groups attached to an aromatic ring is 1. The first-order chi connectivity index (χ1) is 8.92. The highest BCUT2D eigenvalue weighted by atomic mass is 19.4. The highest BCUT2D eigenvalue weighted by Gasteiger charge is 2.33. The molecule has 3 N–H and O–H groups in total. The number of anilines is 1. The van der Waals surface area contributed by atoms with Gasteiger partial charge in [-0.3, -0.25) is 5.41 Å².